The van der Waals surface area contributed by atoms with Crippen LogP contribution in [0.1, 0.15) is 19.8 Å². The van der Waals surface area contributed by atoms with Crippen LogP contribution in [0.5, 0.6) is 5.75 Å². The second-order valence-electron chi connectivity index (χ2n) is 6.33. The summed E-state index contributed by atoms with van der Waals surface area (Å²) in [5.41, 5.74) is 0. The number of carbonyl (C=O) groups excluding carboxylic acids is 1. The molecule has 0 fully saturated rings. The Balaban J connectivity index is 1.61. The maximum absolute atomic E-state index is 11.9. The first-order valence-corrected chi connectivity index (χ1v) is 10.4. The first-order valence-electron chi connectivity index (χ1n) is 8.51. The summed E-state index contributed by atoms with van der Waals surface area (Å²) < 4.78 is 30.2. The van der Waals surface area contributed by atoms with Crippen molar-refractivity contribution in [1.82, 2.24) is 15.1 Å². The fourth-order valence-electron chi connectivity index (χ4n) is 2.37. The average molecular weight is 379 g/mol. The third kappa shape index (κ3) is 6.87. The van der Waals surface area contributed by atoms with Crippen molar-refractivity contribution in [1.29, 1.82) is 0 Å². The van der Waals surface area contributed by atoms with Gasteiger partial charge in [-0.15, -0.1) is 0 Å². The molecule has 1 unspecified atom stereocenters. The first kappa shape index (κ1) is 20.0. The van der Waals surface area contributed by atoms with Gasteiger partial charge in [-0.3, -0.25) is 9.48 Å². The van der Waals surface area contributed by atoms with Gasteiger partial charge in [-0.1, -0.05) is 6.92 Å². The molecule has 7 nitrogen and oxygen atoms in total. The van der Waals surface area contributed by atoms with Crippen molar-refractivity contribution in [2.24, 2.45) is 5.92 Å². The number of ether oxygens (including phenoxy) is 1. The second-order valence-corrected chi connectivity index (χ2v) is 8.35. The molecule has 0 radical (unpaired) electrons. The molecule has 0 aliphatic carbocycles. The standard InChI is InChI=1S/C18H25N3O4S/c1-15(14-21-11-4-10-20-21)13-19-18(22)5-3-12-25-16-6-8-17(9-7-16)26(2,23)24/h4,6-11,15H,3,5,12-14H2,1-2H3,(H,19,22). The molecule has 0 saturated heterocycles. The molecule has 142 valence electrons. The molecule has 0 saturated carbocycles. The zero-order valence-corrected chi connectivity index (χ0v) is 15.9. The molecule has 8 heteroatoms. The minimum Gasteiger partial charge on any atom is -0.494 e. The Hall–Kier alpha value is -2.35. The molecular formula is C18H25N3O4S. The monoisotopic (exact) mass is 379 g/mol. The number of aromatic nitrogens is 2. The highest BCUT2D eigenvalue weighted by Gasteiger charge is 2.08. The van der Waals surface area contributed by atoms with Crippen LogP contribution in [0.15, 0.2) is 47.6 Å². The van der Waals surface area contributed by atoms with E-state index in [-0.39, 0.29) is 10.8 Å². The van der Waals surface area contributed by atoms with E-state index in [2.05, 4.69) is 17.3 Å². The lowest BCUT2D eigenvalue weighted by molar-refractivity contribution is -0.121. The summed E-state index contributed by atoms with van der Waals surface area (Å²) >= 11 is 0. The van der Waals surface area contributed by atoms with Crippen LogP contribution in [0.2, 0.25) is 0 Å². The van der Waals surface area contributed by atoms with Gasteiger partial charge in [-0.25, -0.2) is 8.42 Å². The predicted molar refractivity (Wildman–Crippen MR) is 98.7 cm³/mol. The SMILES string of the molecule is CC(CNC(=O)CCCOc1ccc(S(C)(=O)=O)cc1)Cn1cccn1. The predicted octanol–water partition coefficient (Wildman–Crippen LogP) is 1.90. The van der Waals surface area contributed by atoms with Crippen LogP contribution in [0.3, 0.4) is 0 Å². The van der Waals surface area contributed by atoms with Gasteiger partial charge in [-0.2, -0.15) is 5.10 Å². The summed E-state index contributed by atoms with van der Waals surface area (Å²) in [4.78, 5) is 12.1. The van der Waals surface area contributed by atoms with E-state index in [0.29, 0.717) is 37.7 Å². The van der Waals surface area contributed by atoms with E-state index >= 15 is 0 Å². The van der Waals surface area contributed by atoms with E-state index in [4.69, 9.17) is 4.74 Å². The number of rotatable bonds is 10. The summed E-state index contributed by atoms with van der Waals surface area (Å²) in [6, 6.07) is 8.14. The number of sulfone groups is 1. The molecule has 2 aromatic rings. The molecule has 1 heterocycles. The third-order valence-corrected chi connectivity index (χ3v) is 4.90. The second kappa shape index (κ2) is 9.38. The number of hydrogen-bond donors (Lipinski definition) is 1. The van der Waals surface area contributed by atoms with E-state index in [1.165, 1.54) is 12.1 Å². The highest BCUT2D eigenvalue weighted by atomic mass is 32.2. The van der Waals surface area contributed by atoms with Crippen LogP contribution in [-0.4, -0.2) is 43.5 Å². The lowest BCUT2D eigenvalue weighted by Gasteiger charge is -2.13. The highest BCUT2D eigenvalue weighted by molar-refractivity contribution is 7.90. The number of nitrogens with zero attached hydrogens (tertiary/aromatic N) is 2. The normalized spacial score (nSPS) is 12.5. The van der Waals surface area contributed by atoms with Crippen molar-refractivity contribution >= 4 is 15.7 Å². The van der Waals surface area contributed by atoms with E-state index in [1.807, 2.05) is 16.9 Å². The molecule has 0 spiro atoms. The van der Waals surface area contributed by atoms with Crippen molar-refractivity contribution in [3.05, 3.63) is 42.7 Å². The van der Waals surface area contributed by atoms with Crippen LogP contribution >= 0.6 is 0 Å². The molecule has 1 atom stereocenters. The molecule has 1 N–H and O–H groups in total. The first-order chi connectivity index (χ1) is 12.3. The summed E-state index contributed by atoms with van der Waals surface area (Å²) in [6.45, 7) is 3.83. The molecule has 26 heavy (non-hydrogen) atoms. The zero-order chi connectivity index (χ0) is 19.0. The fraction of sp³-hybridized carbons (Fsp3) is 0.444. The summed E-state index contributed by atoms with van der Waals surface area (Å²) in [7, 11) is -3.20. The van der Waals surface area contributed by atoms with Gasteiger partial charge in [0.1, 0.15) is 5.75 Å². The number of amides is 1. The Morgan fingerprint density at radius 2 is 2.04 bits per heavy atom. The zero-order valence-electron chi connectivity index (χ0n) is 15.1. The van der Waals surface area contributed by atoms with Crippen LogP contribution < -0.4 is 10.1 Å². The molecule has 1 aromatic heterocycles. The van der Waals surface area contributed by atoms with Crippen molar-refractivity contribution in [2.75, 3.05) is 19.4 Å². The van der Waals surface area contributed by atoms with Crippen LogP contribution in [0, 0.1) is 5.92 Å². The Bertz CT molecular complexity index is 786. The molecular weight excluding hydrogens is 354 g/mol. The van der Waals surface area contributed by atoms with Crippen molar-refractivity contribution < 1.29 is 17.9 Å². The van der Waals surface area contributed by atoms with E-state index in [0.717, 1.165) is 12.8 Å². The van der Waals surface area contributed by atoms with Gasteiger partial charge in [0.15, 0.2) is 9.84 Å². The molecule has 2 rings (SSSR count). The largest absolute Gasteiger partial charge is 0.494 e. The Labute approximate surface area is 154 Å². The molecule has 0 aliphatic heterocycles. The Morgan fingerprint density at radius 1 is 1.31 bits per heavy atom. The number of carbonyl (C=O) groups is 1. The third-order valence-electron chi connectivity index (χ3n) is 3.77. The van der Waals surface area contributed by atoms with Gasteiger partial charge in [0.25, 0.3) is 0 Å². The van der Waals surface area contributed by atoms with E-state index < -0.39 is 9.84 Å². The van der Waals surface area contributed by atoms with Gasteiger partial charge in [0, 0.05) is 38.2 Å². The summed E-state index contributed by atoms with van der Waals surface area (Å²) in [5.74, 6) is 0.877. The van der Waals surface area contributed by atoms with Crippen LogP contribution in [-0.2, 0) is 21.2 Å². The topological polar surface area (TPSA) is 90.3 Å². The fourth-order valence-corrected chi connectivity index (χ4v) is 3.01. The highest BCUT2D eigenvalue weighted by Crippen LogP contribution is 2.16. The van der Waals surface area contributed by atoms with Gasteiger partial charge in [0.2, 0.25) is 5.91 Å². The number of hydrogen-bond acceptors (Lipinski definition) is 5. The molecule has 0 aliphatic rings. The maximum Gasteiger partial charge on any atom is 0.220 e. The lowest BCUT2D eigenvalue weighted by atomic mass is 10.2. The van der Waals surface area contributed by atoms with E-state index in [9.17, 15) is 13.2 Å². The summed E-state index contributed by atoms with van der Waals surface area (Å²) in [5, 5.41) is 7.06. The Kier molecular flexibility index (Phi) is 7.20. The molecule has 1 amide bonds. The van der Waals surface area contributed by atoms with E-state index in [1.54, 1.807) is 18.3 Å². The van der Waals surface area contributed by atoms with Gasteiger partial charge in [-0.05, 0) is 42.7 Å². The maximum atomic E-state index is 11.9. The van der Waals surface area contributed by atoms with Gasteiger partial charge in [0.05, 0.1) is 11.5 Å². The van der Waals surface area contributed by atoms with Crippen LogP contribution in [0.4, 0.5) is 0 Å². The van der Waals surface area contributed by atoms with Gasteiger partial charge < -0.3 is 10.1 Å². The quantitative estimate of drug-likeness (QED) is 0.637. The van der Waals surface area contributed by atoms with Crippen LogP contribution in [0.25, 0.3) is 0 Å². The number of benzene rings is 1. The minimum atomic E-state index is -3.20. The minimum absolute atomic E-state index is 0.00617. The van der Waals surface area contributed by atoms with Crippen molar-refractivity contribution in [2.45, 2.75) is 31.2 Å². The molecule has 1 aromatic carbocycles. The van der Waals surface area contributed by atoms with Crippen molar-refractivity contribution in [3.63, 3.8) is 0 Å². The Morgan fingerprint density at radius 3 is 2.65 bits per heavy atom. The summed E-state index contributed by atoms with van der Waals surface area (Å²) in [6.07, 6.45) is 5.78. The molecule has 0 bridgehead atoms. The lowest BCUT2D eigenvalue weighted by Crippen LogP contribution is -2.30. The van der Waals surface area contributed by atoms with Gasteiger partial charge >= 0.3 is 0 Å². The average Bonchev–Trinajstić information content (AvgIpc) is 3.09. The smallest absolute Gasteiger partial charge is 0.220 e. The number of nitrogens with one attached hydrogen (secondary N) is 1. The van der Waals surface area contributed by atoms with Crippen molar-refractivity contribution in [3.8, 4) is 5.75 Å².